The maximum atomic E-state index is 12.9. The van der Waals surface area contributed by atoms with Crippen LogP contribution in [0.2, 0.25) is 0 Å². The van der Waals surface area contributed by atoms with Gasteiger partial charge in [-0.15, -0.1) is 0 Å². The number of ketones is 1. The van der Waals surface area contributed by atoms with Gasteiger partial charge in [-0.05, 0) is 45.9 Å². The van der Waals surface area contributed by atoms with Gasteiger partial charge in [-0.25, -0.2) is 0 Å². The van der Waals surface area contributed by atoms with E-state index in [0.29, 0.717) is 0 Å². The molecule has 140 valence electrons. The van der Waals surface area contributed by atoms with E-state index < -0.39 is 0 Å². The highest BCUT2D eigenvalue weighted by atomic mass is 16.3. The van der Waals surface area contributed by atoms with Crippen molar-refractivity contribution in [2.45, 2.75) is 27.7 Å². The molecule has 5 heteroatoms. The van der Waals surface area contributed by atoms with Crippen LogP contribution in [0.5, 0.6) is 11.5 Å². The van der Waals surface area contributed by atoms with Gasteiger partial charge in [0.15, 0.2) is 0 Å². The lowest BCUT2D eigenvalue weighted by molar-refractivity contribution is 0.103. The molecule has 2 rings (SSSR count). The van der Waals surface area contributed by atoms with Crippen molar-refractivity contribution < 1.29 is 15.0 Å². The van der Waals surface area contributed by atoms with Crippen LogP contribution >= 0.6 is 0 Å². The minimum atomic E-state index is -0.389. The fourth-order valence-corrected chi connectivity index (χ4v) is 3.19. The van der Waals surface area contributed by atoms with Gasteiger partial charge >= 0.3 is 0 Å². The first-order chi connectivity index (χ1) is 12.5. The second-order valence-corrected chi connectivity index (χ2v) is 6.05. The number of anilines is 2. The van der Waals surface area contributed by atoms with E-state index in [1.807, 2.05) is 0 Å². The standard InChI is InChI=1S/C21H28N2O3/c1-5-22(6-2)17-13-16(20(25)14-18(17)23(7-3)8-4)21(26)15-11-9-10-12-19(15)24/h9-14,24-25H,5-8H2,1-4H3. The summed E-state index contributed by atoms with van der Waals surface area (Å²) in [7, 11) is 0. The highest BCUT2D eigenvalue weighted by molar-refractivity contribution is 6.13. The maximum Gasteiger partial charge on any atom is 0.200 e. The SMILES string of the molecule is CCN(CC)c1cc(O)c(C(=O)c2ccccc2O)cc1N(CC)CC. The molecule has 0 aromatic heterocycles. The van der Waals surface area contributed by atoms with Crippen molar-refractivity contribution in [3.63, 3.8) is 0 Å². The molecule has 2 aromatic rings. The minimum Gasteiger partial charge on any atom is -0.507 e. The van der Waals surface area contributed by atoms with Crippen molar-refractivity contribution in [3.05, 3.63) is 47.5 Å². The fourth-order valence-electron chi connectivity index (χ4n) is 3.19. The number of hydrogen-bond donors (Lipinski definition) is 2. The normalized spacial score (nSPS) is 10.6. The molecular formula is C21H28N2O3. The van der Waals surface area contributed by atoms with Crippen LogP contribution in [0.4, 0.5) is 11.4 Å². The number of phenols is 2. The van der Waals surface area contributed by atoms with Crippen molar-refractivity contribution in [2.24, 2.45) is 0 Å². The zero-order valence-electron chi connectivity index (χ0n) is 16.0. The number of para-hydroxylation sites is 1. The number of phenolic OH excluding ortho intramolecular Hbond substituents is 2. The Hall–Kier alpha value is -2.69. The Balaban J connectivity index is 2.63. The van der Waals surface area contributed by atoms with E-state index in [4.69, 9.17) is 0 Å². The molecule has 2 aromatic carbocycles. The first-order valence-corrected chi connectivity index (χ1v) is 9.17. The molecule has 5 nitrogen and oxygen atoms in total. The first-order valence-electron chi connectivity index (χ1n) is 9.17. The molecule has 0 radical (unpaired) electrons. The molecule has 0 amide bonds. The zero-order valence-corrected chi connectivity index (χ0v) is 16.0. The summed E-state index contributed by atoms with van der Waals surface area (Å²) >= 11 is 0. The number of benzene rings is 2. The number of rotatable bonds is 8. The molecule has 0 unspecified atom stereocenters. The van der Waals surface area contributed by atoms with Crippen LogP contribution < -0.4 is 9.80 Å². The van der Waals surface area contributed by atoms with E-state index >= 15 is 0 Å². The fraction of sp³-hybridized carbons (Fsp3) is 0.381. The van der Waals surface area contributed by atoms with Gasteiger partial charge in [0, 0.05) is 32.2 Å². The van der Waals surface area contributed by atoms with Gasteiger partial charge < -0.3 is 20.0 Å². The Bertz CT molecular complexity index is 766. The van der Waals surface area contributed by atoms with Gasteiger partial charge in [0.05, 0.1) is 22.5 Å². The Morgan fingerprint density at radius 3 is 1.77 bits per heavy atom. The van der Waals surface area contributed by atoms with Crippen LogP contribution in [0.1, 0.15) is 43.6 Å². The summed E-state index contributed by atoms with van der Waals surface area (Å²) in [5.41, 5.74) is 2.20. The summed E-state index contributed by atoms with van der Waals surface area (Å²) < 4.78 is 0. The number of carbonyl (C=O) groups is 1. The summed E-state index contributed by atoms with van der Waals surface area (Å²) in [6.45, 7) is 11.4. The molecule has 0 spiro atoms. The van der Waals surface area contributed by atoms with E-state index in [9.17, 15) is 15.0 Å². The van der Waals surface area contributed by atoms with Gasteiger partial charge in [0.2, 0.25) is 5.78 Å². The van der Waals surface area contributed by atoms with E-state index in [2.05, 4.69) is 37.5 Å². The molecule has 0 saturated carbocycles. The van der Waals surface area contributed by atoms with Gasteiger partial charge in [0.25, 0.3) is 0 Å². The van der Waals surface area contributed by atoms with Crippen molar-refractivity contribution >= 4 is 17.2 Å². The van der Waals surface area contributed by atoms with Crippen molar-refractivity contribution in [2.75, 3.05) is 36.0 Å². The molecule has 0 saturated heterocycles. The average Bonchev–Trinajstić information content (AvgIpc) is 2.65. The topological polar surface area (TPSA) is 64.0 Å². The van der Waals surface area contributed by atoms with E-state index in [1.165, 1.54) is 6.07 Å². The molecule has 0 aliphatic carbocycles. The highest BCUT2D eigenvalue weighted by Gasteiger charge is 2.22. The summed E-state index contributed by atoms with van der Waals surface area (Å²) in [4.78, 5) is 17.2. The number of nitrogens with zero attached hydrogens (tertiary/aromatic N) is 2. The lowest BCUT2D eigenvalue weighted by Crippen LogP contribution is -2.28. The van der Waals surface area contributed by atoms with Crippen LogP contribution in [-0.2, 0) is 0 Å². The van der Waals surface area contributed by atoms with E-state index in [0.717, 1.165) is 37.6 Å². The molecule has 2 N–H and O–H groups in total. The summed E-state index contributed by atoms with van der Waals surface area (Å²) in [5.74, 6) is -0.551. The van der Waals surface area contributed by atoms with Gasteiger partial charge in [-0.3, -0.25) is 4.79 Å². The molecule has 26 heavy (non-hydrogen) atoms. The first kappa shape index (κ1) is 19.6. The number of hydrogen-bond acceptors (Lipinski definition) is 5. The quantitative estimate of drug-likeness (QED) is 0.700. The number of aromatic hydroxyl groups is 2. The van der Waals surface area contributed by atoms with Gasteiger partial charge in [-0.1, -0.05) is 12.1 Å². The van der Waals surface area contributed by atoms with Crippen LogP contribution in [0.15, 0.2) is 36.4 Å². The molecule has 0 atom stereocenters. The van der Waals surface area contributed by atoms with Crippen LogP contribution in [0.3, 0.4) is 0 Å². The average molecular weight is 356 g/mol. The van der Waals surface area contributed by atoms with Crippen LogP contribution in [-0.4, -0.2) is 42.2 Å². The lowest BCUT2D eigenvalue weighted by Gasteiger charge is -2.31. The molecule has 0 bridgehead atoms. The van der Waals surface area contributed by atoms with Gasteiger partial charge in [-0.2, -0.15) is 0 Å². The molecular weight excluding hydrogens is 328 g/mol. The summed E-state index contributed by atoms with van der Waals surface area (Å²) in [5, 5.41) is 20.6. The van der Waals surface area contributed by atoms with Crippen LogP contribution in [0.25, 0.3) is 0 Å². The van der Waals surface area contributed by atoms with Crippen LogP contribution in [0, 0.1) is 0 Å². The third-order valence-electron chi connectivity index (χ3n) is 4.69. The third-order valence-corrected chi connectivity index (χ3v) is 4.69. The highest BCUT2D eigenvalue weighted by Crippen LogP contribution is 2.37. The predicted octanol–water partition coefficient (Wildman–Crippen LogP) is 4.02. The summed E-state index contributed by atoms with van der Waals surface area (Å²) in [6, 6.07) is 9.79. The third kappa shape index (κ3) is 3.77. The molecule has 0 heterocycles. The Kier molecular flexibility index (Phi) is 6.50. The minimum absolute atomic E-state index is 0.0731. The Morgan fingerprint density at radius 1 is 0.769 bits per heavy atom. The van der Waals surface area contributed by atoms with Gasteiger partial charge in [0.1, 0.15) is 11.5 Å². The summed E-state index contributed by atoms with van der Waals surface area (Å²) in [6.07, 6.45) is 0. The molecule has 0 aliphatic rings. The molecule has 0 fully saturated rings. The zero-order chi connectivity index (χ0) is 19.3. The lowest BCUT2D eigenvalue weighted by atomic mass is 9.99. The van der Waals surface area contributed by atoms with Crippen molar-refractivity contribution in [1.29, 1.82) is 0 Å². The predicted molar refractivity (Wildman–Crippen MR) is 107 cm³/mol. The monoisotopic (exact) mass is 356 g/mol. The molecule has 0 aliphatic heterocycles. The second kappa shape index (κ2) is 8.61. The van der Waals surface area contributed by atoms with Crippen molar-refractivity contribution in [1.82, 2.24) is 0 Å². The second-order valence-electron chi connectivity index (χ2n) is 6.05. The van der Waals surface area contributed by atoms with Crippen molar-refractivity contribution in [3.8, 4) is 11.5 Å². The smallest absolute Gasteiger partial charge is 0.200 e. The van der Waals surface area contributed by atoms with E-state index in [1.54, 1.807) is 30.3 Å². The van der Waals surface area contributed by atoms with E-state index in [-0.39, 0.29) is 28.4 Å². The Morgan fingerprint density at radius 2 is 1.27 bits per heavy atom. The maximum absolute atomic E-state index is 12.9. The number of carbonyl (C=O) groups excluding carboxylic acids is 1. The Labute approximate surface area is 155 Å². The largest absolute Gasteiger partial charge is 0.507 e.